The molecule has 14 heavy (non-hydrogen) atoms. The summed E-state index contributed by atoms with van der Waals surface area (Å²) in [4.78, 5) is 18.7. The van der Waals surface area contributed by atoms with Gasteiger partial charge in [0, 0.05) is 6.04 Å². The summed E-state index contributed by atoms with van der Waals surface area (Å²) >= 11 is 3.30. The number of nitrogens with one attached hydrogen (secondary N) is 1. The number of pyridine rings is 1. The Bertz CT molecular complexity index is 553. The van der Waals surface area contributed by atoms with Crippen LogP contribution in [-0.4, -0.2) is 14.5 Å². The molecule has 0 bridgehead atoms. The topological polar surface area (TPSA) is 50.7 Å². The number of aromatic nitrogens is 3. The minimum Gasteiger partial charge on any atom is -0.304 e. The van der Waals surface area contributed by atoms with Gasteiger partial charge in [0.2, 0.25) is 0 Å². The number of halogens is 1. The van der Waals surface area contributed by atoms with Gasteiger partial charge in [-0.1, -0.05) is 0 Å². The lowest BCUT2D eigenvalue weighted by Gasteiger charge is -1.98. The fraction of sp³-hybridized carbons (Fsp3) is 0.333. The summed E-state index contributed by atoms with van der Waals surface area (Å²) in [5.41, 5.74) is 1.52. The smallest absolute Gasteiger partial charge is 0.304 e. The van der Waals surface area contributed by atoms with Crippen molar-refractivity contribution in [3.63, 3.8) is 0 Å². The summed E-state index contributed by atoms with van der Waals surface area (Å²) < 4.78 is 2.51. The Morgan fingerprint density at radius 1 is 1.50 bits per heavy atom. The molecule has 0 aromatic carbocycles. The number of imidazole rings is 1. The summed E-state index contributed by atoms with van der Waals surface area (Å²) in [5.74, 6) is 0. The molecule has 0 spiro atoms. The van der Waals surface area contributed by atoms with Gasteiger partial charge in [-0.25, -0.2) is 9.78 Å². The molecule has 2 aromatic rings. The van der Waals surface area contributed by atoms with Gasteiger partial charge in [-0.3, -0.25) is 4.57 Å². The van der Waals surface area contributed by atoms with Gasteiger partial charge >= 0.3 is 5.69 Å². The van der Waals surface area contributed by atoms with Crippen molar-refractivity contribution in [3.05, 3.63) is 27.2 Å². The van der Waals surface area contributed by atoms with Crippen LogP contribution in [0.4, 0.5) is 0 Å². The van der Waals surface area contributed by atoms with Crippen molar-refractivity contribution in [2.75, 3.05) is 0 Å². The SMILES string of the molecule is O=c1[nH]c2ccc(Br)nc2n1C1CC1. The predicted molar refractivity (Wildman–Crippen MR) is 56.3 cm³/mol. The molecule has 1 N–H and O–H groups in total. The van der Waals surface area contributed by atoms with Gasteiger partial charge < -0.3 is 4.98 Å². The lowest BCUT2D eigenvalue weighted by molar-refractivity contribution is 0.725. The molecule has 0 radical (unpaired) electrons. The highest BCUT2D eigenvalue weighted by Crippen LogP contribution is 2.35. The van der Waals surface area contributed by atoms with E-state index in [0.717, 1.165) is 28.6 Å². The normalized spacial score (nSPS) is 16.4. The number of fused-ring (bicyclic) bond motifs is 1. The molecule has 0 amide bonds. The summed E-state index contributed by atoms with van der Waals surface area (Å²) in [6.45, 7) is 0. The quantitative estimate of drug-likeness (QED) is 0.789. The van der Waals surface area contributed by atoms with E-state index in [-0.39, 0.29) is 5.69 Å². The van der Waals surface area contributed by atoms with Gasteiger partial charge in [0.1, 0.15) is 4.60 Å². The molecular weight excluding hydrogens is 246 g/mol. The van der Waals surface area contributed by atoms with Gasteiger partial charge in [-0.15, -0.1) is 0 Å². The Balaban J connectivity index is 2.39. The van der Waals surface area contributed by atoms with Crippen molar-refractivity contribution >= 4 is 27.1 Å². The molecule has 0 aliphatic heterocycles. The van der Waals surface area contributed by atoms with Crippen molar-refractivity contribution in [1.29, 1.82) is 0 Å². The largest absolute Gasteiger partial charge is 0.327 e. The highest BCUT2D eigenvalue weighted by molar-refractivity contribution is 9.10. The van der Waals surface area contributed by atoms with Crippen LogP contribution >= 0.6 is 15.9 Å². The molecule has 1 saturated carbocycles. The number of aromatic amines is 1. The molecular formula is C9H8BrN3O. The van der Waals surface area contributed by atoms with E-state index in [1.807, 2.05) is 12.1 Å². The van der Waals surface area contributed by atoms with Crippen molar-refractivity contribution in [1.82, 2.24) is 14.5 Å². The second kappa shape index (κ2) is 2.70. The maximum atomic E-state index is 11.6. The first kappa shape index (κ1) is 8.23. The van der Waals surface area contributed by atoms with Crippen LogP contribution in [0.1, 0.15) is 18.9 Å². The van der Waals surface area contributed by atoms with Crippen molar-refractivity contribution in [2.24, 2.45) is 0 Å². The van der Waals surface area contributed by atoms with Crippen LogP contribution in [0.15, 0.2) is 21.5 Å². The second-order valence-electron chi connectivity index (χ2n) is 3.54. The van der Waals surface area contributed by atoms with E-state index in [9.17, 15) is 4.79 Å². The van der Waals surface area contributed by atoms with Gasteiger partial charge in [-0.2, -0.15) is 0 Å². The molecule has 1 fully saturated rings. The Morgan fingerprint density at radius 2 is 2.29 bits per heavy atom. The summed E-state index contributed by atoms with van der Waals surface area (Å²) in [6.07, 6.45) is 2.17. The van der Waals surface area contributed by atoms with E-state index in [4.69, 9.17) is 0 Å². The first-order valence-corrected chi connectivity index (χ1v) is 5.32. The molecule has 1 aliphatic carbocycles. The maximum absolute atomic E-state index is 11.6. The first-order valence-electron chi connectivity index (χ1n) is 4.52. The van der Waals surface area contributed by atoms with Gasteiger partial charge in [0.15, 0.2) is 5.65 Å². The van der Waals surface area contributed by atoms with Crippen LogP contribution in [-0.2, 0) is 0 Å². The number of rotatable bonds is 1. The van der Waals surface area contributed by atoms with Crippen molar-refractivity contribution < 1.29 is 0 Å². The van der Waals surface area contributed by atoms with Crippen LogP contribution in [0.5, 0.6) is 0 Å². The zero-order valence-corrected chi connectivity index (χ0v) is 8.91. The Hall–Kier alpha value is -1.10. The molecule has 2 aromatic heterocycles. The molecule has 0 unspecified atom stereocenters. The lowest BCUT2D eigenvalue weighted by atomic mass is 10.4. The van der Waals surface area contributed by atoms with Crippen molar-refractivity contribution in [3.8, 4) is 0 Å². The fourth-order valence-electron chi connectivity index (χ4n) is 1.65. The summed E-state index contributed by atoms with van der Waals surface area (Å²) in [5, 5.41) is 0. The molecule has 4 nitrogen and oxygen atoms in total. The zero-order valence-electron chi connectivity index (χ0n) is 7.33. The highest BCUT2D eigenvalue weighted by atomic mass is 79.9. The predicted octanol–water partition coefficient (Wildman–Crippen LogP) is 1.82. The van der Waals surface area contributed by atoms with Gasteiger partial charge in [0.05, 0.1) is 5.52 Å². The molecule has 2 heterocycles. The van der Waals surface area contributed by atoms with Crippen LogP contribution in [0.25, 0.3) is 11.2 Å². The van der Waals surface area contributed by atoms with E-state index in [1.165, 1.54) is 0 Å². The third-order valence-corrected chi connectivity index (χ3v) is 2.88. The van der Waals surface area contributed by atoms with E-state index in [2.05, 4.69) is 25.9 Å². The van der Waals surface area contributed by atoms with Crippen LogP contribution < -0.4 is 5.69 Å². The molecule has 1 aliphatic rings. The Morgan fingerprint density at radius 3 is 3.00 bits per heavy atom. The van der Waals surface area contributed by atoms with Crippen LogP contribution in [0.3, 0.4) is 0 Å². The zero-order chi connectivity index (χ0) is 9.71. The standard InChI is InChI=1S/C9H8BrN3O/c10-7-4-3-6-8(12-7)13(5-1-2-5)9(14)11-6/h3-5H,1-2H2,(H,11,14). The Labute approximate surface area is 88.1 Å². The number of nitrogens with zero attached hydrogens (tertiary/aromatic N) is 2. The minimum atomic E-state index is -0.0481. The lowest BCUT2D eigenvalue weighted by Crippen LogP contribution is -2.15. The van der Waals surface area contributed by atoms with Crippen LogP contribution in [0, 0.1) is 0 Å². The van der Waals surface area contributed by atoms with E-state index in [0.29, 0.717) is 6.04 Å². The van der Waals surface area contributed by atoms with E-state index in [1.54, 1.807) is 4.57 Å². The molecule has 0 saturated heterocycles. The number of hydrogen-bond acceptors (Lipinski definition) is 2. The molecule has 0 atom stereocenters. The van der Waals surface area contributed by atoms with Gasteiger partial charge in [0.25, 0.3) is 0 Å². The van der Waals surface area contributed by atoms with Crippen molar-refractivity contribution in [2.45, 2.75) is 18.9 Å². The monoisotopic (exact) mass is 253 g/mol. The summed E-state index contributed by atoms with van der Waals surface area (Å²) in [7, 11) is 0. The molecule has 72 valence electrons. The summed E-state index contributed by atoms with van der Waals surface area (Å²) in [6, 6.07) is 4.06. The van der Waals surface area contributed by atoms with Crippen LogP contribution in [0.2, 0.25) is 0 Å². The van der Waals surface area contributed by atoms with E-state index >= 15 is 0 Å². The second-order valence-corrected chi connectivity index (χ2v) is 4.35. The highest BCUT2D eigenvalue weighted by Gasteiger charge is 2.27. The number of H-pyrrole nitrogens is 1. The number of hydrogen-bond donors (Lipinski definition) is 1. The first-order chi connectivity index (χ1) is 6.75. The third kappa shape index (κ3) is 1.12. The molecule has 5 heteroatoms. The van der Waals surface area contributed by atoms with Gasteiger partial charge in [-0.05, 0) is 40.9 Å². The average Bonchev–Trinajstić information content (AvgIpc) is 2.90. The Kier molecular flexibility index (Phi) is 1.58. The fourth-order valence-corrected chi connectivity index (χ4v) is 1.95. The molecule has 3 rings (SSSR count). The van der Waals surface area contributed by atoms with E-state index < -0.39 is 0 Å². The third-order valence-electron chi connectivity index (χ3n) is 2.44. The minimum absolute atomic E-state index is 0.0481. The average molecular weight is 254 g/mol. The maximum Gasteiger partial charge on any atom is 0.327 e.